The van der Waals surface area contributed by atoms with Crippen LogP contribution in [-0.4, -0.2) is 9.91 Å². The van der Waals surface area contributed by atoms with Gasteiger partial charge >= 0.3 is 0 Å². The number of halogens is 2. The molecule has 6 nitrogen and oxygen atoms in total. The van der Waals surface area contributed by atoms with Crippen molar-refractivity contribution in [2.75, 3.05) is 0 Å². The van der Waals surface area contributed by atoms with Crippen LogP contribution in [-0.2, 0) is 6.54 Å². The summed E-state index contributed by atoms with van der Waals surface area (Å²) < 4.78 is 24.9. The molecule has 0 spiro atoms. The average Bonchev–Trinajstić information content (AvgIpc) is 2.26. The molecule has 1 rings (SSSR count). The van der Waals surface area contributed by atoms with Crippen molar-refractivity contribution in [3.8, 4) is 6.07 Å². The van der Waals surface area contributed by atoms with E-state index >= 15 is 0 Å². The lowest BCUT2D eigenvalue weighted by Gasteiger charge is -2.05. The van der Waals surface area contributed by atoms with E-state index in [1.54, 1.807) is 0 Å². The maximum Gasteiger partial charge on any atom is 0.293 e. The van der Waals surface area contributed by atoms with Gasteiger partial charge < -0.3 is 5.73 Å². The maximum atomic E-state index is 12.4. The van der Waals surface area contributed by atoms with Gasteiger partial charge in [0.15, 0.2) is 0 Å². The van der Waals surface area contributed by atoms with Crippen LogP contribution in [0, 0.1) is 21.4 Å². The van der Waals surface area contributed by atoms with Crippen LogP contribution in [0.4, 0.5) is 14.5 Å². The summed E-state index contributed by atoms with van der Waals surface area (Å²) in [6.45, 7) is -0.345. The van der Waals surface area contributed by atoms with E-state index in [1.165, 1.54) is 6.07 Å². The first-order valence-corrected chi connectivity index (χ1v) is 4.07. The number of nitrogens with two attached hydrogens (primary N) is 1. The Morgan fingerprint density at radius 1 is 1.69 bits per heavy atom. The lowest BCUT2D eigenvalue weighted by atomic mass is 10.1. The molecular formula is C8H6F2N4O2. The summed E-state index contributed by atoms with van der Waals surface area (Å²) in [7, 11) is 0. The molecule has 0 aromatic carbocycles. The van der Waals surface area contributed by atoms with Crippen LogP contribution in [0.3, 0.4) is 0 Å². The number of hydrogen-bond donors (Lipinski definition) is 1. The van der Waals surface area contributed by atoms with Gasteiger partial charge in [-0.2, -0.15) is 5.26 Å². The minimum atomic E-state index is -2.97. The normalized spacial score (nSPS) is 10.2. The molecular weight excluding hydrogens is 222 g/mol. The van der Waals surface area contributed by atoms with E-state index in [9.17, 15) is 18.9 Å². The molecule has 1 aromatic heterocycles. The molecule has 0 atom stereocenters. The van der Waals surface area contributed by atoms with Crippen LogP contribution in [0.25, 0.3) is 0 Å². The Morgan fingerprint density at radius 3 is 2.69 bits per heavy atom. The van der Waals surface area contributed by atoms with Gasteiger partial charge in [-0.25, -0.2) is 13.8 Å². The average molecular weight is 228 g/mol. The zero-order valence-corrected chi connectivity index (χ0v) is 7.85. The number of hydrogen-bond acceptors (Lipinski definition) is 5. The third-order valence-electron chi connectivity index (χ3n) is 1.83. The summed E-state index contributed by atoms with van der Waals surface area (Å²) in [6.07, 6.45) is -2.97. The van der Waals surface area contributed by atoms with E-state index in [4.69, 9.17) is 11.0 Å². The van der Waals surface area contributed by atoms with Gasteiger partial charge in [-0.05, 0) is 0 Å². The van der Waals surface area contributed by atoms with Gasteiger partial charge in [0.1, 0.15) is 17.5 Å². The number of pyridine rings is 1. The lowest BCUT2D eigenvalue weighted by Crippen LogP contribution is -2.08. The van der Waals surface area contributed by atoms with Crippen molar-refractivity contribution in [1.29, 1.82) is 5.26 Å². The molecule has 1 heterocycles. The van der Waals surface area contributed by atoms with Gasteiger partial charge in [0.05, 0.1) is 10.5 Å². The highest BCUT2D eigenvalue weighted by atomic mass is 19.3. The largest absolute Gasteiger partial charge is 0.325 e. The molecule has 0 fully saturated rings. The zero-order valence-electron chi connectivity index (χ0n) is 7.85. The molecule has 0 aliphatic rings. The molecule has 0 aliphatic carbocycles. The first-order chi connectivity index (χ1) is 7.51. The predicted octanol–water partition coefficient (Wildman–Crippen LogP) is 1.26. The molecule has 0 unspecified atom stereocenters. The molecule has 0 amide bonds. The van der Waals surface area contributed by atoms with Gasteiger partial charge in [0.25, 0.3) is 12.1 Å². The highest BCUT2D eigenvalue weighted by Crippen LogP contribution is 2.26. The Labute approximate surface area is 88.5 Å². The molecule has 2 N–H and O–H groups in total. The molecule has 16 heavy (non-hydrogen) atoms. The summed E-state index contributed by atoms with van der Waals surface area (Å²) in [6, 6.07) is 2.20. The Bertz CT molecular complexity index is 470. The fourth-order valence-corrected chi connectivity index (χ4v) is 1.12. The second kappa shape index (κ2) is 4.59. The quantitative estimate of drug-likeness (QED) is 0.619. The molecule has 0 aliphatic heterocycles. The minimum Gasteiger partial charge on any atom is -0.325 e. The predicted molar refractivity (Wildman–Crippen MR) is 48.5 cm³/mol. The second-order valence-corrected chi connectivity index (χ2v) is 2.76. The highest BCUT2D eigenvalue weighted by Gasteiger charge is 2.23. The van der Waals surface area contributed by atoms with Crippen LogP contribution in [0.2, 0.25) is 0 Å². The minimum absolute atomic E-state index is 0.265. The first-order valence-electron chi connectivity index (χ1n) is 4.07. The Kier molecular flexibility index (Phi) is 3.42. The highest BCUT2D eigenvalue weighted by molar-refractivity contribution is 5.46. The number of alkyl halides is 2. The SMILES string of the molecule is N#Cc1cc([N+](=O)[O-])c(CN)nc1C(F)F. The van der Waals surface area contributed by atoms with Gasteiger partial charge in [0, 0.05) is 12.6 Å². The summed E-state index contributed by atoms with van der Waals surface area (Å²) in [5.41, 5.74) is 3.07. The Hall–Kier alpha value is -2.14. The summed E-state index contributed by atoms with van der Waals surface area (Å²) >= 11 is 0. The second-order valence-electron chi connectivity index (χ2n) is 2.76. The third kappa shape index (κ3) is 2.09. The molecule has 8 heteroatoms. The molecule has 84 valence electrons. The van der Waals surface area contributed by atoms with Crippen molar-refractivity contribution < 1.29 is 13.7 Å². The monoisotopic (exact) mass is 228 g/mol. The third-order valence-corrected chi connectivity index (χ3v) is 1.83. The van der Waals surface area contributed by atoms with Gasteiger partial charge in [-0.3, -0.25) is 10.1 Å². The van der Waals surface area contributed by atoms with Crippen molar-refractivity contribution in [3.63, 3.8) is 0 Å². The zero-order chi connectivity index (χ0) is 12.3. The first kappa shape index (κ1) is 11.9. The number of aromatic nitrogens is 1. The van der Waals surface area contributed by atoms with E-state index in [-0.39, 0.29) is 12.2 Å². The van der Waals surface area contributed by atoms with Crippen molar-refractivity contribution in [2.45, 2.75) is 13.0 Å². The number of nitrogens with zero attached hydrogens (tertiary/aromatic N) is 3. The van der Waals surface area contributed by atoms with Crippen molar-refractivity contribution >= 4 is 5.69 Å². The Morgan fingerprint density at radius 2 is 2.31 bits per heavy atom. The maximum absolute atomic E-state index is 12.4. The molecule has 0 bridgehead atoms. The lowest BCUT2D eigenvalue weighted by molar-refractivity contribution is -0.386. The van der Waals surface area contributed by atoms with E-state index in [0.29, 0.717) is 0 Å². The smallest absolute Gasteiger partial charge is 0.293 e. The fraction of sp³-hybridized carbons (Fsp3) is 0.250. The van der Waals surface area contributed by atoms with E-state index in [2.05, 4.69) is 4.98 Å². The van der Waals surface area contributed by atoms with Gasteiger partial charge in [-0.15, -0.1) is 0 Å². The van der Waals surface area contributed by atoms with Crippen LogP contribution < -0.4 is 5.73 Å². The van der Waals surface area contributed by atoms with E-state index < -0.39 is 28.3 Å². The van der Waals surface area contributed by atoms with Crippen LogP contribution in [0.5, 0.6) is 0 Å². The number of nitriles is 1. The fourth-order valence-electron chi connectivity index (χ4n) is 1.12. The summed E-state index contributed by atoms with van der Waals surface area (Å²) in [5.74, 6) is 0. The number of nitro groups is 1. The Balaban J connectivity index is 3.48. The molecule has 0 saturated carbocycles. The van der Waals surface area contributed by atoms with Crippen molar-refractivity contribution in [1.82, 2.24) is 4.98 Å². The van der Waals surface area contributed by atoms with Crippen molar-refractivity contribution in [2.24, 2.45) is 5.73 Å². The van der Waals surface area contributed by atoms with Gasteiger partial charge in [-0.1, -0.05) is 0 Å². The standard InChI is InChI=1S/C8H6F2N4O2/c9-8(10)7-4(2-11)1-6(14(15)16)5(3-12)13-7/h1,8H,3,12H2. The van der Waals surface area contributed by atoms with Crippen LogP contribution in [0.1, 0.15) is 23.4 Å². The molecule has 0 saturated heterocycles. The molecule has 0 radical (unpaired) electrons. The summed E-state index contributed by atoms with van der Waals surface area (Å²) in [5, 5.41) is 19.1. The molecule has 1 aromatic rings. The van der Waals surface area contributed by atoms with Crippen LogP contribution >= 0.6 is 0 Å². The topological polar surface area (TPSA) is 106 Å². The van der Waals surface area contributed by atoms with Gasteiger partial charge in [0.2, 0.25) is 0 Å². The van der Waals surface area contributed by atoms with Crippen LogP contribution in [0.15, 0.2) is 6.07 Å². The summed E-state index contributed by atoms with van der Waals surface area (Å²) in [4.78, 5) is 13.1. The van der Waals surface area contributed by atoms with E-state index in [0.717, 1.165) is 6.07 Å². The number of rotatable bonds is 3. The van der Waals surface area contributed by atoms with E-state index in [1.807, 2.05) is 0 Å². The van der Waals surface area contributed by atoms with Crippen molar-refractivity contribution in [3.05, 3.63) is 33.1 Å².